The Hall–Kier alpha value is 0.350. The number of rotatable bonds is 3. The Labute approximate surface area is 88.9 Å². The largest absolute Gasteiger partial charge is 0.176 e. The molecule has 1 aliphatic carbocycles. The first kappa shape index (κ1) is 11.4. The highest BCUT2D eigenvalue weighted by Gasteiger charge is 2.33. The van der Waals surface area contributed by atoms with Crippen molar-refractivity contribution in [2.75, 3.05) is 0 Å². The minimum Gasteiger partial charge on any atom is -0.176 e. The van der Waals surface area contributed by atoms with Crippen molar-refractivity contribution in [3.05, 3.63) is 0 Å². The average molecular weight is 200 g/mol. The highest BCUT2D eigenvalue weighted by atomic mass is 32.1. The van der Waals surface area contributed by atoms with Gasteiger partial charge in [0.15, 0.2) is 0 Å². The van der Waals surface area contributed by atoms with Crippen molar-refractivity contribution in [1.82, 2.24) is 0 Å². The molecule has 1 fully saturated rings. The summed E-state index contributed by atoms with van der Waals surface area (Å²) in [5.41, 5.74) is 0.605. The van der Waals surface area contributed by atoms with Crippen molar-refractivity contribution in [1.29, 1.82) is 0 Å². The van der Waals surface area contributed by atoms with Crippen LogP contribution in [0.3, 0.4) is 0 Å². The maximum atomic E-state index is 4.56. The molecule has 0 saturated heterocycles. The van der Waals surface area contributed by atoms with Gasteiger partial charge in [0.25, 0.3) is 0 Å². The Kier molecular flexibility index (Phi) is 4.15. The van der Waals surface area contributed by atoms with E-state index in [1.54, 1.807) is 0 Å². The van der Waals surface area contributed by atoms with Gasteiger partial charge in [-0.05, 0) is 37.0 Å². The highest BCUT2D eigenvalue weighted by molar-refractivity contribution is 7.80. The summed E-state index contributed by atoms with van der Waals surface area (Å²) in [6, 6.07) is 0. The Bertz CT molecular complexity index is 141. The second-order valence-corrected chi connectivity index (χ2v) is 5.60. The van der Waals surface area contributed by atoms with E-state index in [1.807, 2.05) is 0 Å². The molecule has 0 aromatic carbocycles. The molecule has 0 atom stereocenters. The predicted molar refractivity (Wildman–Crippen MR) is 63.4 cm³/mol. The van der Waals surface area contributed by atoms with Crippen LogP contribution in [0.25, 0.3) is 0 Å². The van der Waals surface area contributed by atoms with Crippen LogP contribution in [-0.2, 0) is 0 Å². The summed E-state index contributed by atoms with van der Waals surface area (Å²) in [6.07, 6.45) is 8.17. The molecule has 1 aliphatic rings. The number of hydrogen-bond donors (Lipinski definition) is 1. The Morgan fingerprint density at radius 3 is 1.92 bits per heavy atom. The van der Waals surface area contributed by atoms with E-state index in [0.717, 1.165) is 5.92 Å². The van der Waals surface area contributed by atoms with Crippen LogP contribution in [0.4, 0.5) is 0 Å². The second-order valence-electron chi connectivity index (χ2n) is 4.87. The molecule has 0 amide bonds. The molecule has 1 saturated carbocycles. The molecule has 0 aromatic rings. The Balaban J connectivity index is 2.51. The van der Waals surface area contributed by atoms with Gasteiger partial charge in [-0.25, -0.2) is 0 Å². The highest BCUT2D eigenvalue weighted by Crippen LogP contribution is 2.43. The van der Waals surface area contributed by atoms with Gasteiger partial charge >= 0.3 is 0 Å². The SMILES string of the molecule is CCC(C)(CC)C1CCC(S)CC1. The van der Waals surface area contributed by atoms with E-state index in [-0.39, 0.29) is 0 Å². The third kappa shape index (κ3) is 2.65. The van der Waals surface area contributed by atoms with Crippen LogP contribution in [0.2, 0.25) is 0 Å². The minimum absolute atomic E-state index is 0.605. The third-order valence-corrected chi connectivity index (χ3v) is 4.81. The lowest BCUT2D eigenvalue weighted by Crippen LogP contribution is -2.30. The molecule has 0 aromatic heterocycles. The second kappa shape index (κ2) is 4.72. The van der Waals surface area contributed by atoms with Crippen LogP contribution in [0.15, 0.2) is 0 Å². The zero-order valence-corrected chi connectivity index (χ0v) is 10.2. The van der Waals surface area contributed by atoms with Gasteiger partial charge < -0.3 is 0 Å². The summed E-state index contributed by atoms with van der Waals surface area (Å²) >= 11 is 4.56. The van der Waals surface area contributed by atoms with Crippen molar-refractivity contribution in [3.63, 3.8) is 0 Å². The molecular weight excluding hydrogens is 176 g/mol. The predicted octanol–water partition coefficient (Wildman–Crippen LogP) is 4.30. The summed E-state index contributed by atoms with van der Waals surface area (Å²) in [6.45, 7) is 7.16. The Morgan fingerprint density at radius 2 is 1.54 bits per heavy atom. The van der Waals surface area contributed by atoms with Crippen molar-refractivity contribution < 1.29 is 0 Å². The van der Waals surface area contributed by atoms with Gasteiger partial charge in [0.2, 0.25) is 0 Å². The molecular formula is C12H24S. The topological polar surface area (TPSA) is 0 Å². The van der Waals surface area contributed by atoms with Gasteiger partial charge in [-0.3, -0.25) is 0 Å². The summed E-state index contributed by atoms with van der Waals surface area (Å²) in [5.74, 6) is 0.964. The van der Waals surface area contributed by atoms with E-state index in [2.05, 4.69) is 33.4 Å². The van der Waals surface area contributed by atoms with E-state index in [1.165, 1.54) is 38.5 Å². The van der Waals surface area contributed by atoms with Crippen LogP contribution in [0, 0.1) is 11.3 Å². The lowest BCUT2D eigenvalue weighted by atomic mass is 9.67. The summed E-state index contributed by atoms with van der Waals surface area (Å²) in [7, 11) is 0. The van der Waals surface area contributed by atoms with Crippen LogP contribution in [0.5, 0.6) is 0 Å². The fourth-order valence-corrected chi connectivity index (χ4v) is 2.90. The van der Waals surface area contributed by atoms with Gasteiger partial charge in [-0.15, -0.1) is 0 Å². The summed E-state index contributed by atoms with van der Waals surface area (Å²) < 4.78 is 0. The lowest BCUT2D eigenvalue weighted by molar-refractivity contribution is 0.127. The molecule has 0 heterocycles. The van der Waals surface area contributed by atoms with Crippen molar-refractivity contribution in [2.24, 2.45) is 11.3 Å². The molecule has 0 bridgehead atoms. The first-order chi connectivity index (χ1) is 6.12. The normalized spacial score (nSPS) is 30.5. The zero-order valence-electron chi connectivity index (χ0n) is 9.34. The molecule has 13 heavy (non-hydrogen) atoms. The smallest absolute Gasteiger partial charge is 0.00170 e. The van der Waals surface area contributed by atoms with Gasteiger partial charge in [0, 0.05) is 5.25 Å². The van der Waals surface area contributed by atoms with Gasteiger partial charge in [0.05, 0.1) is 0 Å². The van der Waals surface area contributed by atoms with E-state index in [0.29, 0.717) is 10.7 Å². The standard InChI is InChI=1S/C12H24S/c1-4-12(3,5-2)10-6-8-11(13)9-7-10/h10-11,13H,4-9H2,1-3H3. The summed E-state index contributed by atoms with van der Waals surface area (Å²) in [5, 5.41) is 0.689. The minimum atomic E-state index is 0.605. The van der Waals surface area contributed by atoms with Gasteiger partial charge in [-0.2, -0.15) is 12.6 Å². The molecule has 1 rings (SSSR count). The van der Waals surface area contributed by atoms with Crippen molar-refractivity contribution >= 4 is 12.6 Å². The lowest BCUT2D eigenvalue weighted by Gasteiger charge is -2.40. The maximum absolute atomic E-state index is 4.56. The molecule has 0 nitrogen and oxygen atoms in total. The molecule has 0 unspecified atom stereocenters. The molecule has 78 valence electrons. The molecule has 0 spiro atoms. The monoisotopic (exact) mass is 200 g/mol. The fraction of sp³-hybridized carbons (Fsp3) is 1.00. The van der Waals surface area contributed by atoms with Gasteiger partial charge in [0.1, 0.15) is 0 Å². The quantitative estimate of drug-likeness (QED) is 0.645. The van der Waals surface area contributed by atoms with E-state index >= 15 is 0 Å². The third-order valence-electron chi connectivity index (χ3n) is 4.30. The van der Waals surface area contributed by atoms with E-state index in [4.69, 9.17) is 0 Å². The maximum Gasteiger partial charge on any atom is 0.00170 e. The first-order valence-electron chi connectivity index (χ1n) is 5.80. The molecule has 1 heteroatoms. The molecule has 0 N–H and O–H groups in total. The zero-order chi connectivity index (χ0) is 9.90. The average Bonchev–Trinajstić information content (AvgIpc) is 2.18. The van der Waals surface area contributed by atoms with Gasteiger partial charge in [-0.1, -0.05) is 33.6 Å². The number of hydrogen-bond acceptors (Lipinski definition) is 1. The van der Waals surface area contributed by atoms with Crippen LogP contribution >= 0.6 is 12.6 Å². The van der Waals surface area contributed by atoms with E-state index < -0.39 is 0 Å². The van der Waals surface area contributed by atoms with E-state index in [9.17, 15) is 0 Å². The molecule has 0 radical (unpaired) electrons. The first-order valence-corrected chi connectivity index (χ1v) is 6.32. The number of thiol groups is 1. The van der Waals surface area contributed by atoms with Crippen LogP contribution in [-0.4, -0.2) is 5.25 Å². The Morgan fingerprint density at radius 1 is 1.08 bits per heavy atom. The van der Waals surface area contributed by atoms with Crippen molar-refractivity contribution in [2.45, 2.75) is 64.5 Å². The van der Waals surface area contributed by atoms with Crippen LogP contribution < -0.4 is 0 Å². The molecule has 0 aliphatic heterocycles. The van der Waals surface area contributed by atoms with Crippen LogP contribution in [0.1, 0.15) is 59.3 Å². The fourth-order valence-electron chi connectivity index (χ4n) is 2.60. The summed E-state index contributed by atoms with van der Waals surface area (Å²) in [4.78, 5) is 0. The van der Waals surface area contributed by atoms with Crippen molar-refractivity contribution in [3.8, 4) is 0 Å².